The molecule has 0 bridgehead atoms. The van der Waals surface area contributed by atoms with Crippen LogP contribution >= 0.6 is 0 Å². The van der Waals surface area contributed by atoms with E-state index in [9.17, 15) is 9.59 Å². The highest BCUT2D eigenvalue weighted by Crippen LogP contribution is 2.24. The van der Waals surface area contributed by atoms with Crippen molar-refractivity contribution in [2.24, 2.45) is 0 Å². The molecular weight excluding hydrogens is 242 g/mol. The van der Waals surface area contributed by atoms with Crippen molar-refractivity contribution in [1.82, 2.24) is 9.88 Å². The van der Waals surface area contributed by atoms with Gasteiger partial charge in [-0.05, 0) is 31.4 Å². The number of aldehydes is 1. The maximum atomic E-state index is 11.9. The molecule has 1 aliphatic rings. The molecule has 0 N–H and O–H groups in total. The zero-order valence-electron chi connectivity index (χ0n) is 11.4. The van der Waals surface area contributed by atoms with Gasteiger partial charge in [0.1, 0.15) is 12.0 Å². The normalized spacial score (nSPS) is 19.1. The van der Waals surface area contributed by atoms with Crippen molar-refractivity contribution in [3.8, 4) is 0 Å². The molecule has 19 heavy (non-hydrogen) atoms. The zero-order valence-corrected chi connectivity index (χ0v) is 11.4. The Labute approximate surface area is 113 Å². The van der Waals surface area contributed by atoms with Crippen LogP contribution in [0.1, 0.15) is 29.8 Å². The molecule has 0 saturated carbocycles. The standard InChI is InChI=1S/C14H19N3O2/c1-16(2)14(19)13-9-11(6-7-15-13)17-8-4-3-5-12(17)10-18/h6-7,9-10,12H,3-5,8H2,1-2H3. The molecule has 1 atom stereocenters. The molecule has 0 aromatic carbocycles. The topological polar surface area (TPSA) is 53.5 Å². The van der Waals surface area contributed by atoms with E-state index in [1.807, 2.05) is 6.07 Å². The van der Waals surface area contributed by atoms with E-state index >= 15 is 0 Å². The van der Waals surface area contributed by atoms with E-state index in [2.05, 4.69) is 9.88 Å². The predicted molar refractivity (Wildman–Crippen MR) is 73.3 cm³/mol. The number of piperidine rings is 1. The second kappa shape index (κ2) is 5.82. The molecule has 0 radical (unpaired) electrons. The highest BCUT2D eigenvalue weighted by molar-refractivity contribution is 5.92. The number of pyridine rings is 1. The first-order chi connectivity index (χ1) is 9.13. The highest BCUT2D eigenvalue weighted by atomic mass is 16.2. The van der Waals surface area contributed by atoms with Crippen LogP contribution in [0, 0.1) is 0 Å². The van der Waals surface area contributed by atoms with E-state index in [0.717, 1.165) is 37.8 Å². The smallest absolute Gasteiger partial charge is 0.272 e. The van der Waals surface area contributed by atoms with Gasteiger partial charge in [0.25, 0.3) is 5.91 Å². The summed E-state index contributed by atoms with van der Waals surface area (Å²) in [6, 6.07) is 3.54. The van der Waals surface area contributed by atoms with Crippen molar-refractivity contribution in [1.29, 1.82) is 0 Å². The molecule has 2 heterocycles. The molecule has 1 saturated heterocycles. The molecule has 1 amide bonds. The number of amides is 1. The number of hydrogen-bond acceptors (Lipinski definition) is 4. The maximum Gasteiger partial charge on any atom is 0.272 e. The molecule has 1 aliphatic heterocycles. The number of anilines is 1. The van der Waals surface area contributed by atoms with Gasteiger partial charge in [-0.3, -0.25) is 9.78 Å². The van der Waals surface area contributed by atoms with Gasteiger partial charge in [0.2, 0.25) is 0 Å². The summed E-state index contributed by atoms with van der Waals surface area (Å²) in [5.74, 6) is -0.124. The SMILES string of the molecule is CN(C)C(=O)c1cc(N2CCCCC2C=O)ccn1. The molecule has 5 heteroatoms. The van der Waals surface area contributed by atoms with Gasteiger partial charge in [0.15, 0.2) is 0 Å². The quantitative estimate of drug-likeness (QED) is 0.771. The number of aromatic nitrogens is 1. The Morgan fingerprint density at radius 1 is 1.47 bits per heavy atom. The van der Waals surface area contributed by atoms with Gasteiger partial charge in [0, 0.05) is 32.5 Å². The maximum absolute atomic E-state index is 11.9. The van der Waals surface area contributed by atoms with Crippen LogP contribution in [0.25, 0.3) is 0 Å². The molecule has 1 unspecified atom stereocenters. The Kier molecular flexibility index (Phi) is 4.14. The van der Waals surface area contributed by atoms with Crippen LogP contribution in [0.2, 0.25) is 0 Å². The van der Waals surface area contributed by atoms with E-state index in [1.165, 1.54) is 4.90 Å². The van der Waals surface area contributed by atoms with Crippen molar-refractivity contribution >= 4 is 17.9 Å². The first-order valence-electron chi connectivity index (χ1n) is 6.53. The second-order valence-electron chi connectivity index (χ2n) is 4.99. The number of carbonyl (C=O) groups is 2. The van der Waals surface area contributed by atoms with Gasteiger partial charge in [-0.15, -0.1) is 0 Å². The van der Waals surface area contributed by atoms with Crippen LogP contribution in [0.5, 0.6) is 0 Å². The fraction of sp³-hybridized carbons (Fsp3) is 0.500. The first kappa shape index (κ1) is 13.5. The van der Waals surface area contributed by atoms with Crippen molar-refractivity contribution in [3.05, 3.63) is 24.0 Å². The summed E-state index contributed by atoms with van der Waals surface area (Å²) in [4.78, 5) is 30.7. The Morgan fingerprint density at radius 3 is 2.95 bits per heavy atom. The Hall–Kier alpha value is -1.91. The van der Waals surface area contributed by atoms with Crippen LogP contribution < -0.4 is 4.90 Å². The minimum atomic E-state index is -0.124. The van der Waals surface area contributed by atoms with Crippen LogP contribution in [-0.2, 0) is 4.79 Å². The highest BCUT2D eigenvalue weighted by Gasteiger charge is 2.23. The lowest BCUT2D eigenvalue weighted by Gasteiger charge is -2.34. The van der Waals surface area contributed by atoms with E-state index in [0.29, 0.717) is 5.69 Å². The van der Waals surface area contributed by atoms with E-state index in [-0.39, 0.29) is 11.9 Å². The Morgan fingerprint density at radius 2 is 2.26 bits per heavy atom. The lowest BCUT2D eigenvalue weighted by Crippen LogP contribution is -2.40. The van der Waals surface area contributed by atoms with Crippen molar-refractivity contribution in [2.45, 2.75) is 25.3 Å². The van der Waals surface area contributed by atoms with Crippen LogP contribution in [0.3, 0.4) is 0 Å². The van der Waals surface area contributed by atoms with Crippen molar-refractivity contribution in [3.63, 3.8) is 0 Å². The zero-order chi connectivity index (χ0) is 13.8. The van der Waals surface area contributed by atoms with E-state index in [4.69, 9.17) is 0 Å². The minimum Gasteiger partial charge on any atom is -0.362 e. The minimum absolute atomic E-state index is 0.0848. The molecule has 1 aromatic heterocycles. The van der Waals surface area contributed by atoms with E-state index in [1.54, 1.807) is 26.4 Å². The average Bonchev–Trinajstić information content (AvgIpc) is 2.46. The third-order valence-corrected chi connectivity index (χ3v) is 3.41. The third-order valence-electron chi connectivity index (χ3n) is 3.41. The van der Waals surface area contributed by atoms with Crippen LogP contribution in [-0.4, -0.2) is 48.8 Å². The molecule has 5 nitrogen and oxygen atoms in total. The van der Waals surface area contributed by atoms with Crippen LogP contribution in [0.15, 0.2) is 18.3 Å². The molecule has 1 fully saturated rings. The van der Waals surface area contributed by atoms with Gasteiger partial charge in [0.05, 0.1) is 6.04 Å². The molecule has 2 rings (SSSR count). The number of carbonyl (C=O) groups excluding carboxylic acids is 2. The monoisotopic (exact) mass is 261 g/mol. The summed E-state index contributed by atoms with van der Waals surface area (Å²) < 4.78 is 0. The van der Waals surface area contributed by atoms with Crippen LogP contribution in [0.4, 0.5) is 5.69 Å². The lowest BCUT2D eigenvalue weighted by molar-refractivity contribution is -0.109. The summed E-state index contributed by atoms with van der Waals surface area (Å²) in [6.45, 7) is 0.850. The van der Waals surface area contributed by atoms with E-state index < -0.39 is 0 Å². The fourth-order valence-corrected chi connectivity index (χ4v) is 2.36. The lowest BCUT2D eigenvalue weighted by atomic mass is 10.0. The first-order valence-corrected chi connectivity index (χ1v) is 6.53. The number of nitrogens with zero attached hydrogens (tertiary/aromatic N) is 3. The van der Waals surface area contributed by atoms with Gasteiger partial charge < -0.3 is 14.6 Å². The Bertz CT molecular complexity index is 474. The molecule has 102 valence electrons. The second-order valence-corrected chi connectivity index (χ2v) is 4.99. The summed E-state index contributed by atoms with van der Waals surface area (Å²) in [5.41, 5.74) is 1.31. The largest absolute Gasteiger partial charge is 0.362 e. The van der Waals surface area contributed by atoms with Crippen molar-refractivity contribution in [2.75, 3.05) is 25.5 Å². The summed E-state index contributed by atoms with van der Waals surface area (Å²) >= 11 is 0. The predicted octanol–water partition coefficient (Wildman–Crippen LogP) is 1.34. The van der Waals surface area contributed by atoms with Gasteiger partial charge in [-0.2, -0.15) is 0 Å². The fourth-order valence-electron chi connectivity index (χ4n) is 2.36. The van der Waals surface area contributed by atoms with Gasteiger partial charge >= 0.3 is 0 Å². The average molecular weight is 261 g/mol. The van der Waals surface area contributed by atoms with Gasteiger partial charge in [-0.25, -0.2) is 0 Å². The number of hydrogen-bond donors (Lipinski definition) is 0. The molecule has 1 aromatic rings. The summed E-state index contributed by atoms with van der Waals surface area (Å²) in [6.07, 6.45) is 5.65. The van der Waals surface area contributed by atoms with Gasteiger partial charge in [-0.1, -0.05) is 0 Å². The Balaban J connectivity index is 2.27. The van der Waals surface area contributed by atoms with Crippen molar-refractivity contribution < 1.29 is 9.59 Å². The molecule has 0 aliphatic carbocycles. The molecular formula is C14H19N3O2. The number of rotatable bonds is 3. The molecule has 0 spiro atoms. The third kappa shape index (κ3) is 2.92. The summed E-state index contributed by atoms with van der Waals surface area (Å²) in [5, 5.41) is 0. The summed E-state index contributed by atoms with van der Waals surface area (Å²) in [7, 11) is 3.40.